The van der Waals surface area contributed by atoms with Crippen LogP contribution in [0.4, 0.5) is 0 Å². The first-order chi connectivity index (χ1) is 16.6. The molecule has 1 amide bonds. The fraction of sp³-hybridized carbons (Fsp3) is 0.357. The van der Waals surface area contributed by atoms with Crippen molar-refractivity contribution in [1.82, 2.24) is 10.6 Å². The van der Waals surface area contributed by atoms with Gasteiger partial charge < -0.3 is 21.3 Å². The summed E-state index contributed by atoms with van der Waals surface area (Å²) < 4.78 is 0. The fourth-order valence-electron chi connectivity index (χ4n) is 4.04. The molecule has 6 N–H and O–H groups in total. The molecule has 7 heteroatoms. The van der Waals surface area contributed by atoms with Crippen LogP contribution in [-0.4, -0.2) is 46.3 Å². The molecule has 0 spiro atoms. The number of hydrogen-bond acceptors (Lipinski definition) is 5. The van der Waals surface area contributed by atoms with Crippen molar-refractivity contribution in [3.8, 4) is 0 Å². The molecule has 3 aromatic rings. The quantitative estimate of drug-likeness (QED) is 0.306. The number of aliphatic hydroxyl groups is 1. The minimum atomic E-state index is -1.40. The lowest BCUT2D eigenvalue weighted by molar-refractivity contribution is -0.144. The van der Waals surface area contributed by atoms with Crippen LogP contribution in [0.15, 0.2) is 72.8 Å². The molecule has 0 fully saturated rings. The van der Waals surface area contributed by atoms with Crippen molar-refractivity contribution in [2.24, 2.45) is 11.1 Å². The summed E-state index contributed by atoms with van der Waals surface area (Å²) in [5.74, 6) is -1.64. The third-order valence-electron chi connectivity index (χ3n) is 6.25. The summed E-state index contributed by atoms with van der Waals surface area (Å²) in [7, 11) is 0. The third-order valence-corrected chi connectivity index (χ3v) is 6.25. The maximum atomic E-state index is 12.9. The molecule has 0 aliphatic carbocycles. The summed E-state index contributed by atoms with van der Waals surface area (Å²) in [5, 5.41) is 29.1. The van der Waals surface area contributed by atoms with Gasteiger partial charge in [0.05, 0.1) is 12.1 Å². The van der Waals surface area contributed by atoms with Gasteiger partial charge >= 0.3 is 5.97 Å². The highest BCUT2D eigenvalue weighted by molar-refractivity contribution is 5.86. The summed E-state index contributed by atoms with van der Waals surface area (Å²) in [4.78, 5) is 25.1. The lowest BCUT2D eigenvalue weighted by Crippen LogP contribution is -2.60. The molecule has 0 aromatic heterocycles. The third kappa shape index (κ3) is 6.88. The summed E-state index contributed by atoms with van der Waals surface area (Å²) >= 11 is 0. The van der Waals surface area contributed by atoms with Crippen LogP contribution in [-0.2, 0) is 22.6 Å². The molecule has 0 saturated carbocycles. The second kappa shape index (κ2) is 11.4. The molecular weight excluding hydrogens is 442 g/mol. The number of carboxylic acids is 1. The van der Waals surface area contributed by atoms with Gasteiger partial charge in [0, 0.05) is 6.54 Å². The Balaban J connectivity index is 1.83. The highest BCUT2D eigenvalue weighted by atomic mass is 16.4. The number of amides is 1. The van der Waals surface area contributed by atoms with Crippen molar-refractivity contribution in [2.45, 2.75) is 58.0 Å². The highest BCUT2D eigenvalue weighted by Crippen LogP contribution is 2.20. The van der Waals surface area contributed by atoms with Crippen LogP contribution in [0.5, 0.6) is 0 Å². The molecule has 0 aliphatic rings. The van der Waals surface area contributed by atoms with Gasteiger partial charge in [0.15, 0.2) is 0 Å². The molecule has 3 rings (SSSR count). The maximum absolute atomic E-state index is 12.9. The number of carboxylic acid groups (broad SMARTS) is 1. The molecule has 0 bridgehead atoms. The summed E-state index contributed by atoms with van der Waals surface area (Å²) in [6.45, 7) is 5.80. The van der Waals surface area contributed by atoms with E-state index in [9.17, 15) is 19.8 Å². The van der Waals surface area contributed by atoms with Gasteiger partial charge in [0.1, 0.15) is 12.1 Å². The Morgan fingerprint density at radius 2 is 1.57 bits per heavy atom. The zero-order valence-corrected chi connectivity index (χ0v) is 20.4. The monoisotopic (exact) mass is 477 g/mol. The van der Waals surface area contributed by atoms with Crippen LogP contribution >= 0.6 is 0 Å². The molecule has 4 atom stereocenters. The van der Waals surface area contributed by atoms with Crippen molar-refractivity contribution in [2.75, 3.05) is 0 Å². The smallest absolute Gasteiger partial charge is 0.323 e. The fourth-order valence-corrected chi connectivity index (χ4v) is 4.04. The van der Waals surface area contributed by atoms with E-state index in [0.717, 1.165) is 21.9 Å². The lowest BCUT2D eigenvalue weighted by Gasteiger charge is -2.32. The average molecular weight is 478 g/mol. The standard InChI is InChI=1S/C28H35N3O4/c1-28(2,3)25(29)26(33)31-22(16-18-10-5-4-6-11-18)24(32)23(27(34)35)30-17-20-14-9-13-19-12-7-8-15-21(19)20/h4-15,22-25,30,32H,16-17,29H2,1-3H3,(H,31,33)(H,34,35)/t22-,23+,24+,25?/m0/s1. The van der Waals surface area contributed by atoms with Crippen molar-refractivity contribution in [3.63, 3.8) is 0 Å². The number of carbonyl (C=O) groups excluding carboxylic acids is 1. The molecule has 0 radical (unpaired) electrons. The molecule has 35 heavy (non-hydrogen) atoms. The van der Waals surface area contributed by atoms with E-state index in [0.29, 0.717) is 0 Å². The average Bonchev–Trinajstić information content (AvgIpc) is 2.83. The number of nitrogens with one attached hydrogen (secondary N) is 2. The van der Waals surface area contributed by atoms with E-state index in [2.05, 4.69) is 10.6 Å². The second-order valence-corrected chi connectivity index (χ2v) is 9.97. The van der Waals surface area contributed by atoms with E-state index < -0.39 is 41.5 Å². The molecule has 7 nitrogen and oxygen atoms in total. The summed E-state index contributed by atoms with van der Waals surface area (Å²) in [6, 6.07) is 20.0. The Labute approximate surface area is 206 Å². The number of aliphatic hydroxyl groups excluding tert-OH is 1. The van der Waals surface area contributed by atoms with Crippen LogP contribution in [0.2, 0.25) is 0 Å². The molecule has 0 heterocycles. The first-order valence-corrected chi connectivity index (χ1v) is 11.8. The zero-order chi connectivity index (χ0) is 25.6. The van der Waals surface area contributed by atoms with Gasteiger partial charge in [-0.3, -0.25) is 14.9 Å². The van der Waals surface area contributed by atoms with E-state index in [1.165, 1.54) is 0 Å². The summed E-state index contributed by atoms with van der Waals surface area (Å²) in [6.07, 6.45) is -1.15. The Bertz CT molecular complexity index is 1140. The van der Waals surface area contributed by atoms with Gasteiger partial charge in [0.25, 0.3) is 0 Å². The number of nitrogens with two attached hydrogens (primary N) is 1. The van der Waals surface area contributed by atoms with E-state index >= 15 is 0 Å². The van der Waals surface area contributed by atoms with Gasteiger partial charge in [-0.25, -0.2) is 0 Å². The number of rotatable bonds is 10. The van der Waals surface area contributed by atoms with Crippen molar-refractivity contribution in [3.05, 3.63) is 83.9 Å². The van der Waals surface area contributed by atoms with Crippen molar-refractivity contribution < 1.29 is 19.8 Å². The van der Waals surface area contributed by atoms with Crippen molar-refractivity contribution >= 4 is 22.6 Å². The molecule has 3 aromatic carbocycles. The molecular formula is C28H35N3O4. The predicted molar refractivity (Wildman–Crippen MR) is 138 cm³/mol. The summed E-state index contributed by atoms with van der Waals surface area (Å²) in [5.41, 5.74) is 7.42. The second-order valence-electron chi connectivity index (χ2n) is 9.97. The molecule has 0 saturated heterocycles. The Kier molecular flexibility index (Phi) is 8.62. The van der Waals surface area contributed by atoms with E-state index in [1.807, 2.05) is 93.6 Å². The van der Waals surface area contributed by atoms with Gasteiger partial charge in [-0.2, -0.15) is 0 Å². The first kappa shape index (κ1) is 26.3. The Morgan fingerprint density at radius 3 is 2.23 bits per heavy atom. The minimum absolute atomic E-state index is 0.239. The Hall–Kier alpha value is -3.26. The SMILES string of the molecule is CC(C)(C)C(N)C(=O)N[C@@H](Cc1ccccc1)[C@@H](O)[C@@H](NCc1cccc2ccccc12)C(=O)O. The zero-order valence-electron chi connectivity index (χ0n) is 20.4. The van der Waals surface area contributed by atoms with Crippen LogP contribution in [0.3, 0.4) is 0 Å². The van der Waals surface area contributed by atoms with E-state index in [1.54, 1.807) is 0 Å². The predicted octanol–water partition coefficient (Wildman–Crippen LogP) is 2.84. The largest absolute Gasteiger partial charge is 0.480 e. The van der Waals surface area contributed by atoms with Gasteiger partial charge in [-0.05, 0) is 33.7 Å². The number of benzene rings is 3. The topological polar surface area (TPSA) is 125 Å². The number of fused-ring (bicyclic) bond motifs is 1. The van der Waals surface area contributed by atoms with Crippen molar-refractivity contribution in [1.29, 1.82) is 0 Å². The van der Waals surface area contributed by atoms with Crippen LogP contribution in [0.1, 0.15) is 31.9 Å². The van der Waals surface area contributed by atoms with Gasteiger partial charge in [-0.15, -0.1) is 0 Å². The van der Waals surface area contributed by atoms with Gasteiger partial charge in [0.2, 0.25) is 5.91 Å². The Morgan fingerprint density at radius 1 is 0.943 bits per heavy atom. The van der Waals surface area contributed by atoms with Crippen LogP contribution in [0.25, 0.3) is 10.8 Å². The molecule has 1 unspecified atom stereocenters. The number of aliphatic carboxylic acids is 1. The molecule has 0 aliphatic heterocycles. The van der Waals surface area contributed by atoms with Crippen LogP contribution in [0, 0.1) is 5.41 Å². The van der Waals surface area contributed by atoms with E-state index in [-0.39, 0.29) is 13.0 Å². The normalized spacial score (nSPS) is 15.2. The minimum Gasteiger partial charge on any atom is -0.480 e. The van der Waals surface area contributed by atoms with Crippen LogP contribution < -0.4 is 16.4 Å². The molecule has 186 valence electrons. The maximum Gasteiger partial charge on any atom is 0.323 e. The first-order valence-electron chi connectivity index (χ1n) is 11.8. The van der Waals surface area contributed by atoms with Gasteiger partial charge in [-0.1, -0.05) is 93.6 Å². The number of carbonyl (C=O) groups is 2. The van der Waals surface area contributed by atoms with E-state index in [4.69, 9.17) is 5.73 Å². The highest BCUT2D eigenvalue weighted by Gasteiger charge is 2.36. The lowest BCUT2D eigenvalue weighted by atomic mass is 9.86. The number of hydrogen-bond donors (Lipinski definition) is 5.